The van der Waals surface area contributed by atoms with Gasteiger partial charge in [-0.2, -0.15) is 4.31 Å². The molecule has 2 aliphatic rings. The zero-order chi connectivity index (χ0) is 22.2. The number of nitrogens with zero attached hydrogens (tertiary/aromatic N) is 2. The Morgan fingerprint density at radius 1 is 1.29 bits per heavy atom. The van der Waals surface area contributed by atoms with Crippen molar-refractivity contribution in [3.05, 3.63) is 40.5 Å². The van der Waals surface area contributed by atoms with E-state index in [9.17, 15) is 18.0 Å². The highest BCUT2D eigenvalue weighted by atomic mass is 35.5. The molecule has 0 aliphatic carbocycles. The molecule has 2 amide bonds. The molecule has 0 radical (unpaired) electrons. The topological polar surface area (TPSA) is 118 Å². The number of rotatable bonds is 4. The van der Waals surface area contributed by atoms with Crippen LogP contribution in [-0.4, -0.2) is 49.2 Å². The number of nitrogens with one attached hydrogen (secondary N) is 2. The summed E-state index contributed by atoms with van der Waals surface area (Å²) in [6, 6.07) is 5.82. The molecular weight excluding hydrogens is 467 g/mol. The van der Waals surface area contributed by atoms with Crippen molar-refractivity contribution < 1.29 is 22.7 Å². The van der Waals surface area contributed by atoms with E-state index in [0.29, 0.717) is 29.4 Å². The van der Waals surface area contributed by atoms with Gasteiger partial charge in [-0.15, -0.1) is 0 Å². The second kappa shape index (κ2) is 8.62. The molecule has 0 saturated carbocycles. The van der Waals surface area contributed by atoms with E-state index in [-0.39, 0.29) is 47.2 Å². The second-order valence-electron chi connectivity index (χ2n) is 7.17. The fourth-order valence-corrected chi connectivity index (χ4v) is 5.62. The van der Waals surface area contributed by atoms with Crippen LogP contribution < -0.4 is 15.4 Å². The predicted octanol–water partition coefficient (Wildman–Crippen LogP) is 2.76. The molecule has 0 spiro atoms. The Bertz CT molecular complexity index is 1140. The lowest BCUT2D eigenvalue weighted by molar-refractivity contribution is -0.121. The molecule has 12 heteroatoms. The first-order chi connectivity index (χ1) is 14.7. The second-order valence-corrected chi connectivity index (χ2v) is 9.92. The Morgan fingerprint density at radius 3 is 2.84 bits per heavy atom. The standard InChI is InChI=1S/C19H18Cl2N4O5S/c20-12-3-4-17(22-8-12)24-19(27)11-2-1-5-25(9-11)31(28,29)16-7-15-14(6-13(16)21)23-18(26)10-30-15/h3-4,6-8,11H,1-2,5,9-10H2,(H,23,26)(H,22,24,27). The van der Waals surface area contributed by atoms with Gasteiger partial charge < -0.3 is 15.4 Å². The van der Waals surface area contributed by atoms with Crippen molar-refractivity contribution in [3.8, 4) is 5.75 Å². The number of anilines is 2. The number of fused-ring (bicyclic) bond motifs is 1. The van der Waals surface area contributed by atoms with Crippen molar-refractivity contribution in [2.45, 2.75) is 17.7 Å². The summed E-state index contributed by atoms with van der Waals surface area (Å²) >= 11 is 12.0. The van der Waals surface area contributed by atoms with Crippen molar-refractivity contribution >= 4 is 56.5 Å². The summed E-state index contributed by atoms with van der Waals surface area (Å²) in [5.41, 5.74) is 0.312. The van der Waals surface area contributed by atoms with Crippen LogP contribution >= 0.6 is 23.2 Å². The molecule has 1 aromatic heterocycles. The fraction of sp³-hybridized carbons (Fsp3) is 0.316. The Morgan fingerprint density at radius 2 is 2.10 bits per heavy atom. The summed E-state index contributed by atoms with van der Waals surface area (Å²) in [5.74, 6) is -0.654. The van der Waals surface area contributed by atoms with Gasteiger partial charge in [-0.1, -0.05) is 23.2 Å². The van der Waals surface area contributed by atoms with Crippen LogP contribution in [-0.2, 0) is 19.6 Å². The molecule has 1 unspecified atom stereocenters. The van der Waals surface area contributed by atoms with Crippen LogP contribution in [0.2, 0.25) is 10.0 Å². The third-order valence-electron chi connectivity index (χ3n) is 5.02. The predicted molar refractivity (Wildman–Crippen MR) is 115 cm³/mol. The van der Waals surface area contributed by atoms with Gasteiger partial charge in [-0.05, 0) is 31.0 Å². The van der Waals surface area contributed by atoms with Gasteiger partial charge in [0, 0.05) is 25.4 Å². The van der Waals surface area contributed by atoms with Crippen LogP contribution in [0.5, 0.6) is 5.75 Å². The first kappa shape index (κ1) is 21.8. The first-order valence-corrected chi connectivity index (χ1v) is 11.6. The lowest BCUT2D eigenvalue weighted by atomic mass is 9.99. The van der Waals surface area contributed by atoms with Crippen LogP contribution in [0.25, 0.3) is 0 Å². The zero-order valence-electron chi connectivity index (χ0n) is 16.1. The number of carbonyl (C=O) groups excluding carboxylic acids is 2. The molecule has 164 valence electrons. The molecule has 2 aromatic rings. The smallest absolute Gasteiger partial charge is 0.262 e. The SMILES string of the molecule is O=C1COc2cc(S(=O)(=O)N3CCCC(C(=O)Nc4ccc(Cl)cn4)C3)c(Cl)cc2N1. The number of piperidine rings is 1. The van der Waals surface area contributed by atoms with Crippen molar-refractivity contribution in [3.63, 3.8) is 0 Å². The van der Waals surface area contributed by atoms with E-state index in [4.69, 9.17) is 27.9 Å². The summed E-state index contributed by atoms with van der Waals surface area (Å²) in [5, 5.41) is 5.68. The van der Waals surface area contributed by atoms with E-state index in [1.54, 1.807) is 12.1 Å². The maximum Gasteiger partial charge on any atom is 0.262 e. The van der Waals surface area contributed by atoms with E-state index < -0.39 is 15.9 Å². The van der Waals surface area contributed by atoms with Gasteiger partial charge in [0.1, 0.15) is 16.5 Å². The van der Waals surface area contributed by atoms with Crippen LogP contribution in [0.4, 0.5) is 11.5 Å². The number of hydrogen-bond donors (Lipinski definition) is 2. The minimum atomic E-state index is -3.99. The zero-order valence-corrected chi connectivity index (χ0v) is 18.4. The third kappa shape index (κ3) is 4.62. The molecule has 2 aliphatic heterocycles. The number of halogens is 2. The van der Waals surface area contributed by atoms with E-state index in [1.807, 2.05) is 0 Å². The molecule has 4 rings (SSSR count). The molecule has 0 bridgehead atoms. The van der Waals surface area contributed by atoms with E-state index >= 15 is 0 Å². The summed E-state index contributed by atoms with van der Waals surface area (Å²) in [6.07, 6.45) is 2.47. The number of aromatic nitrogens is 1. The quantitative estimate of drug-likeness (QED) is 0.688. The van der Waals surface area contributed by atoms with Gasteiger partial charge in [0.2, 0.25) is 15.9 Å². The number of ether oxygens (including phenoxy) is 1. The highest BCUT2D eigenvalue weighted by Gasteiger charge is 2.35. The Labute approximate surface area is 188 Å². The minimum absolute atomic E-state index is 0.00671. The van der Waals surface area contributed by atoms with E-state index in [1.165, 1.54) is 22.6 Å². The van der Waals surface area contributed by atoms with Gasteiger partial charge in [0.15, 0.2) is 6.61 Å². The average molecular weight is 485 g/mol. The molecular formula is C19H18Cl2N4O5S. The summed E-state index contributed by atoms with van der Waals surface area (Å²) in [4.78, 5) is 28.0. The van der Waals surface area contributed by atoms with Gasteiger partial charge in [0.25, 0.3) is 5.91 Å². The van der Waals surface area contributed by atoms with E-state index in [2.05, 4.69) is 15.6 Å². The van der Waals surface area contributed by atoms with Gasteiger partial charge in [-0.3, -0.25) is 9.59 Å². The van der Waals surface area contributed by atoms with Crippen molar-refractivity contribution in [1.82, 2.24) is 9.29 Å². The molecule has 3 heterocycles. The molecule has 2 N–H and O–H groups in total. The molecule has 1 saturated heterocycles. The normalized spacial score (nSPS) is 19.2. The molecule has 31 heavy (non-hydrogen) atoms. The van der Waals surface area contributed by atoms with Gasteiger partial charge in [0.05, 0.1) is 21.7 Å². The third-order valence-corrected chi connectivity index (χ3v) is 7.57. The highest BCUT2D eigenvalue weighted by molar-refractivity contribution is 7.89. The van der Waals surface area contributed by atoms with Gasteiger partial charge >= 0.3 is 0 Å². The number of pyridine rings is 1. The van der Waals surface area contributed by atoms with Crippen molar-refractivity contribution in [2.24, 2.45) is 5.92 Å². The van der Waals surface area contributed by atoms with Crippen molar-refractivity contribution in [2.75, 3.05) is 30.3 Å². The summed E-state index contributed by atoms with van der Waals surface area (Å²) in [6.45, 7) is 0.0574. The number of sulfonamides is 1. The molecule has 1 fully saturated rings. The van der Waals surface area contributed by atoms with Crippen LogP contribution in [0.3, 0.4) is 0 Å². The lowest BCUT2D eigenvalue weighted by Gasteiger charge is -2.31. The fourth-order valence-electron chi connectivity index (χ4n) is 3.47. The summed E-state index contributed by atoms with van der Waals surface area (Å²) in [7, 11) is -3.99. The van der Waals surface area contributed by atoms with Crippen LogP contribution in [0.15, 0.2) is 35.4 Å². The Hall–Kier alpha value is -2.40. The maximum absolute atomic E-state index is 13.3. The molecule has 1 aromatic carbocycles. The number of carbonyl (C=O) groups is 2. The van der Waals surface area contributed by atoms with Gasteiger partial charge in [-0.25, -0.2) is 13.4 Å². The highest BCUT2D eigenvalue weighted by Crippen LogP contribution is 2.37. The Kier molecular flexibility index (Phi) is 6.07. The van der Waals surface area contributed by atoms with Crippen LogP contribution in [0, 0.1) is 5.92 Å². The average Bonchev–Trinajstić information content (AvgIpc) is 2.74. The lowest BCUT2D eigenvalue weighted by Crippen LogP contribution is -2.43. The number of hydrogen-bond acceptors (Lipinski definition) is 6. The molecule has 9 nitrogen and oxygen atoms in total. The number of benzene rings is 1. The monoisotopic (exact) mass is 484 g/mol. The first-order valence-electron chi connectivity index (χ1n) is 9.43. The Balaban J connectivity index is 1.53. The molecule has 1 atom stereocenters. The largest absolute Gasteiger partial charge is 0.482 e. The van der Waals surface area contributed by atoms with Crippen molar-refractivity contribution in [1.29, 1.82) is 0 Å². The summed E-state index contributed by atoms with van der Waals surface area (Å²) < 4.78 is 33.1. The maximum atomic E-state index is 13.3. The van der Waals surface area contributed by atoms with Crippen LogP contribution in [0.1, 0.15) is 12.8 Å². The van der Waals surface area contributed by atoms with E-state index in [0.717, 1.165) is 0 Å². The minimum Gasteiger partial charge on any atom is -0.482 e. The number of amides is 2.